The van der Waals surface area contributed by atoms with Crippen molar-refractivity contribution in [2.75, 3.05) is 6.61 Å². The van der Waals surface area contributed by atoms with Gasteiger partial charge in [0.25, 0.3) is 5.91 Å². The smallest absolute Gasteiger partial charge is 0.325 e. The van der Waals surface area contributed by atoms with Gasteiger partial charge in [-0.15, -0.1) is 0 Å². The van der Waals surface area contributed by atoms with E-state index in [0.29, 0.717) is 10.8 Å². The van der Waals surface area contributed by atoms with Gasteiger partial charge in [0, 0.05) is 5.02 Å². The lowest BCUT2D eigenvalue weighted by molar-refractivity contribution is -0.141. The summed E-state index contributed by atoms with van der Waals surface area (Å²) in [6.45, 7) is 1.14. The largest absolute Gasteiger partial charge is 0.484 e. The van der Waals surface area contributed by atoms with Gasteiger partial charge in [-0.3, -0.25) is 9.59 Å². The molecular formula is C11H12ClNO4. The maximum Gasteiger partial charge on any atom is 0.325 e. The number of carboxylic acid groups (broad SMARTS) is 1. The molecule has 1 amide bonds. The van der Waals surface area contributed by atoms with E-state index in [9.17, 15) is 9.59 Å². The zero-order chi connectivity index (χ0) is 12.8. The third-order valence-electron chi connectivity index (χ3n) is 1.93. The van der Waals surface area contributed by atoms with Crippen LogP contribution in [0.5, 0.6) is 5.75 Å². The molecule has 92 valence electrons. The van der Waals surface area contributed by atoms with Gasteiger partial charge < -0.3 is 15.2 Å². The normalized spacial score (nSPS) is 11.6. The number of aliphatic carboxylic acids is 1. The van der Waals surface area contributed by atoms with Crippen molar-refractivity contribution < 1.29 is 19.4 Å². The highest BCUT2D eigenvalue weighted by Crippen LogP contribution is 2.15. The van der Waals surface area contributed by atoms with Crippen molar-refractivity contribution in [2.45, 2.75) is 13.0 Å². The van der Waals surface area contributed by atoms with Gasteiger partial charge in [0.05, 0.1) is 0 Å². The van der Waals surface area contributed by atoms with Crippen LogP contribution in [0.4, 0.5) is 0 Å². The second kappa shape index (κ2) is 6.10. The third-order valence-corrected chi connectivity index (χ3v) is 2.18. The second-order valence-corrected chi connectivity index (χ2v) is 3.81. The minimum atomic E-state index is -1.09. The van der Waals surface area contributed by atoms with Crippen LogP contribution in [0, 0.1) is 0 Å². The second-order valence-electron chi connectivity index (χ2n) is 3.37. The number of benzene rings is 1. The van der Waals surface area contributed by atoms with Gasteiger partial charge >= 0.3 is 5.97 Å². The molecule has 1 unspecified atom stereocenters. The van der Waals surface area contributed by atoms with E-state index in [1.807, 2.05) is 0 Å². The fourth-order valence-electron chi connectivity index (χ4n) is 1.02. The fourth-order valence-corrected chi connectivity index (χ4v) is 1.15. The van der Waals surface area contributed by atoms with Gasteiger partial charge in [-0.1, -0.05) is 11.6 Å². The topological polar surface area (TPSA) is 75.6 Å². The van der Waals surface area contributed by atoms with E-state index in [2.05, 4.69) is 5.32 Å². The molecule has 0 radical (unpaired) electrons. The highest BCUT2D eigenvalue weighted by atomic mass is 35.5. The maximum absolute atomic E-state index is 11.3. The Morgan fingerprint density at radius 1 is 1.41 bits per heavy atom. The summed E-state index contributed by atoms with van der Waals surface area (Å²) in [4.78, 5) is 21.7. The molecule has 1 rings (SSSR count). The van der Waals surface area contributed by atoms with Gasteiger partial charge in [0.15, 0.2) is 6.61 Å². The number of halogens is 1. The Morgan fingerprint density at radius 2 is 2.00 bits per heavy atom. The van der Waals surface area contributed by atoms with Crippen LogP contribution in [0.15, 0.2) is 24.3 Å². The van der Waals surface area contributed by atoms with E-state index >= 15 is 0 Å². The molecule has 0 saturated heterocycles. The lowest BCUT2D eigenvalue weighted by atomic mass is 10.3. The number of rotatable bonds is 5. The molecule has 0 aliphatic rings. The molecule has 2 N–H and O–H groups in total. The van der Waals surface area contributed by atoms with E-state index < -0.39 is 17.9 Å². The third kappa shape index (κ3) is 4.74. The first-order chi connectivity index (χ1) is 7.99. The van der Waals surface area contributed by atoms with Crippen molar-refractivity contribution in [3.05, 3.63) is 29.3 Å². The van der Waals surface area contributed by atoms with Crippen LogP contribution >= 0.6 is 11.6 Å². The Kier molecular flexibility index (Phi) is 4.78. The lowest BCUT2D eigenvalue weighted by Gasteiger charge is -2.10. The molecule has 1 aromatic rings. The van der Waals surface area contributed by atoms with Crippen LogP contribution in [0.3, 0.4) is 0 Å². The summed E-state index contributed by atoms with van der Waals surface area (Å²) in [7, 11) is 0. The number of carboxylic acids is 1. The highest BCUT2D eigenvalue weighted by Gasteiger charge is 2.13. The molecule has 0 spiro atoms. The first kappa shape index (κ1) is 13.3. The Hall–Kier alpha value is -1.75. The molecule has 0 aromatic heterocycles. The summed E-state index contributed by atoms with van der Waals surface area (Å²) in [5.74, 6) is -1.09. The molecule has 1 aromatic carbocycles. The number of carbonyl (C=O) groups is 2. The predicted molar refractivity (Wildman–Crippen MR) is 62.2 cm³/mol. The molecule has 0 saturated carbocycles. The standard InChI is InChI=1S/C11H12ClNO4/c1-7(11(15)16)13-10(14)6-17-9-4-2-8(12)3-5-9/h2-5,7H,6H2,1H3,(H,13,14)(H,15,16). The average Bonchev–Trinajstić information content (AvgIpc) is 2.28. The first-order valence-electron chi connectivity index (χ1n) is 4.89. The number of ether oxygens (including phenoxy) is 1. The van der Waals surface area contributed by atoms with Crippen LogP contribution in [0.1, 0.15) is 6.92 Å². The zero-order valence-electron chi connectivity index (χ0n) is 9.14. The van der Waals surface area contributed by atoms with Crippen LogP contribution in [-0.4, -0.2) is 29.6 Å². The summed E-state index contributed by atoms with van der Waals surface area (Å²) >= 11 is 5.68. The van der Waals surface area contributed by atoms with E-state index in [4.69, 9.17) is 21.4 Å². The maximum atomic E-state index is 11.3. The van der Waals surface area contributed by atoms with E-state index in [1.165, 1.54) is 6.92 Å². The van der Waals surface area contributed by atoms with E-state index in [0.717, 1.165) is 0 Å². The van der Waals surface area contributed by atoms with Crippen molar-refractivity contribution in [3.63, 3.8) is 0 Å². The minimum absolute atomic E-state index is 0.237. The number of nitrogens with one attached hydrogen (secondary N) is 1. The van der Waals surface area contributed by atoms with Crippen LogP contribution in [0.2, 0.25) is 5.02 Å². The van der Waals surface area contributed by atoms with Crippen molar-refractivity contribution in [2.24, 2.45) is 0 Å². The first-order valence-corrected chi connectivity index (χ1v) is 5.27. The molecule has 0 heterocycles. The minimum Gasteiger partial charge on any atom is -0.484 e. The Bertz CT molecular complexity index is 404. The van der Waals surface area contributed by atoms with E-state index in [1.54, 1.807) is 24.3 Å². The highest BCUT2D eigenvalue weighted by molar-refractivity contribution is 6.30. The molecule has 0 aliphatic heterocycles. The van der Waals surface area contributed by atoms with Crippen LogP contribution in [-0.2, 0) is 9.59 Å². The summed E-state index contributed by atoms with van der Waals surface area (Å²) in [5.41, 5.74) is 0. The Balaban J connectivity index is 2.38. The zero-order valence-corrected chi connectivity index (χ0v) is 9.90. The number of carbonyl (C=O) groups excluding carboxylic acids is 1. The van der Waals surface area contributed by atoms with E-state index in [-0.39, 0.29) is 6.61 Å². The van der Waals surface area contributed by atoms with Crippen molar-refractivity contribution in [1.29, 1.82) is 0 Å². The van der Waals surface area contributed by atoms with Crippen LogP contribution < -0.4 is 10.1 Å². The van der Waals surface area contributed by atoms with Gasteiger partial charge in [0.2, 0.25) is 0 Å². The van der Waals surface area contributed by atoms with Gasteiger partial charge in [-0.05, 0) is 31.2 Å². The Morgan fingerprint density at radius 3 is 2.53 bits per heavy atom. The number of amides is 1. The Labute approximate surface area is 103 Å². The van der Waals surface area contributed by atoms with Crippen molar-refractivity contribution in [3.8, 4) is 5.75 Å². The summed E-state index contributed by atoms with van der Waals surface area (Å²) < 4.78 is 5.14. The van der Waals surface area contributed by atoms with Gasteiger partial charge in [-0.25, -0.2) is 0 Å². The summed E-state index contributed by atoms with van der Waals surface area (Å²) in [5, 5.41) is 11.4. The average molecular weight is 258 g/mol. The fraction of sp³-hybridized carbons (Fsp3) is 0.273. The number of hydrogen-bond donors (Lipinski definition) is 2. The van der Waals surface area contributed by atoms with Crippen molar-refractivity contribution >= 4 is 23.5 Å². The van der Waals surface area contributed by atoms with Crippen LogP contribution in [0.25, 0.3) is 0 Å². The monoisotopic (exact) mass is 257 g/mol. The predicted octanol–water partition coefficient (Wildman–Crippen LogP) is 1.31. The van der Waals surface area contributed by atoms with Gasteiger partial charge in [0.1, 0.15) is 11.8 Å². The molecule has 17 heavy (non-hydrogen) atoms. The molecule has 6 heteroatoms. The summed E-state index contributed by atoms with van der Waals surface area (Å²) in [6.07, 6.45) is 0. The lowest BCUT2D eigenvalue weighted by Crippen LogP contribution is -2.40. The molecule has 1 atom stereocenters. The molecule has 5 nitrogen and oxygen atoms in total. The van der Waals surface area contributed by atoms with Gasteiger partial charge in [-0.2, -0.15) is 0 Å². The molecule has 0 bridgehead atoms. The molecule has 0 fully saturated rings. The quantitative estimate of drug-likeness (QED) is 0.834. The number of hydrogen-bond acceptors (Lipinski definition) is 3. The van der Waals surface area contributed by atoms with Crippen molar-refractivity contribution in [1.82, 2.24) is 5.32 Å². The molecule has 0 aliphatic carbocycles. The molecular weight excluding hydrogens is 246 g/mol. The SMILES string of the molecule is CC(NC(=O)COc1ccc(Cl)cc1)C(=O)O. The summed E-state index contributed by atoms with van der Waals surface area (Å²) in [6, 6.07) is 5.58.